The lowest BCUT2D eigenvalue weighted by Gasteiger charge is -2.37. The molecule has 0 aromatic heterocycles. The van der Waals surface area contributed by atoms with Crippen LogP contribution in [0.2, 0.25) is 0 Å². The van der Waals surface area contributed by atoms with Crippen LogP contribution in [0.4, 0.5) is 0 Å². The van der Waals surface area contributed by atoms with Crippen molar-refractivity contribution in [2.75, 3.05) is 0 Å². The van der Waals surface area contributed by atoms with Crippen LogP contribution in [-0.4, -0.2) is 16.7 Å². The zero-order valence-corrected chi connectivity index (χ0v) is 19.0. The van der Waals surface area contributed by atoms with E-state index in [0.717, 1.165) is 12.8 Å². The number of hydrogen-bond donors (Lipinski definition) is 0. The van der Waals surface area contributed by atoms with Crippen molar-refractivity contribution in [1.29, 1.82) is 0 Å². The fourth-order valence-corrected chi connectivity index (χ4v) is 4.87. The summed E-state index contributed by atoms with van der Waals surface area (Å²) in [6.45, 7) is 20.3. The maximum Gasteiger partial charge on any atom is 0.254 e. The van der Waals surface area contributed by atoms with Gasteiger partial charge in [0.2, 0.25) is 0 Å². The molecule has 1 heterocycles. The first-order valence-corrected chi connectivity index (χ1v) is 10.4. The fraction of sp³-hybridized carbons (Fsp3) is 0.600. The van der Waals surface area contributed by atoms with Crippen LogP contribution >= 0.6 is 0 Å². The van der Waals surface area contributed by atoms with Crippen molar-refractivity contribution in [1.82, 2.24) is 4.90 Å². The molecule has 0 bridgehead atoms. The molecule has 0 saturated carbocycles. The molecule has 0 spiro atoms. The van der Waals surface area contributed by atoms with E-state index >= 15 is 0 Å². The van der Waals surface area contributed by atoms with E-state index in [-0.39, 0.29) is 34.1 Å². The first-order chi connectivity index (χ1) is 12.6. The highest BCUT2D eigenvalue weighted by molar-refractivity contribution is 6.13. The Morgan fingerprint density at radius 1 is 0.786 bits per heavy atom. The highest BCUT2D eigenvalue weighted by atomic mass is 16.2. The van der Waals surface area contributed by atoms with Gasteiger partial charge in [-0.2, -0.15) is 0 Å². The Balaban J connectivity index is 2.36. The number of fused-ring (bicyclic) bond motifs is 1. The Morgan fingerprint density at radius 2 is 1.29 bits per heavy atom. The highest BCUT2D eigenvalue weighted by Gasteiger charge is 2.42. The summed E-state index contributed by atoms with van der Waals surface area (Å²) < 4.78 is 0. The van der Waals surface area contributed by atoms with Crippen LogP contribution < -0.4 is 0 Å². The first-order valence-electron chi connectivity index (χ1n) is 10.4. The molecule has 3 rings (SSSR count). The van der Waals surface area contributed by atoms with E-state index in [1.54, 1.807) is 0 Å². The second kappa shape index (κ2) is 6.30. The monoisotopic (exact) mass is 381 g/mol. The van der Waals surface area contributed by atoms with Crippen LogP contribution in [0.15, 0.2) is 18.2 Å². The number of carbonyl (C=O) groups excluding carboxylic acids is 2. The molecule has 1 aromatic carbocycles. The average Bonchev–Trinajstić information content (AvgIpc) is 3.06. The van der Waals surface area contributed by atoms with Gasteiger partial charge in [-0.15, -0.1) is 0 Å². The summed E-state index contributed by atoms with van der Waals surface area (Å²) >= 11 is 0. The molecule has 1 aliphatic carbocycles. The Hall–Kier alpha value is -1.90. The SMILES string of the molecule is CC(C)(C)c1cc(C(C)(C)C)c(C(C)(C)C)c2c1[C@@H](N1C(=O)C=CC1=O)CC2. The molecule has 0 saturated heterocycles. The molecule has 0 radical (unpaired) electrons. The largest absolute Gasteiger partial charge is 0.269 e. The molecular formula is C25H35NO2. The van der Waals surface area contributed by atoms with Crippen molar-refractivity contribution in [3.05, 3.63) is 46.0 Å². The second-order valence-electron chi connectivity index (χ2n) is 11.4. The van der Waals surface area contributed by atoms with Gasteiger partial charge in [0.25, 0.3) is 11.8 Å². The van der Waals surface area contributed by atoms with E-state index in [1.807, 2.05) is 0 Å². The first kappa shape index (κ1) is 20.8. The number of amides is 2. The van der Waals surface area contributed by atoms with E-state index in [2.05, 4.69) is 68.4 Å². The fourth-order valence-electron chi connectivity index (χ4n) is 4.87. The zero-order chi connectivity index (χ0) is 21.2. The van der Waals surface area contributed by atoms with Gasteiger partial charge in [-0.25, -0.2) is 0 Å². The molecule has 1 aliphatic heterocycles. The summed E-state index contributed by atoms with van der Waals surface area (Å²) in [5.41, 5.74) is 6.60. The van der Waals surface area contributed by atoms with Crippen molar-refractivity contribution in [2.45, 2.75) is 97.4 Å². The summed E-state index contributed by atoms with van der Waals surface area (Å²) in [4.78, 5) is 26.4. The summed E-state index contributed by atoms with van der Waals surface area (Å²) in [6, 6.07) is 2.21. The van der Waals surface area contributed by atoms with E-state index in [4.69, 9.17) is 0 Å². The van der Waals surface area contributed by atoms with Gasteiger partial charge in [-0.1, -0.05) is 68.4 Å². The molecule has 1 aromatic rings. The molecule has 1 atom stereocenters. The molecular weight excluding hydrogens is 346 g/mol. The molecule has 28 heavy (non-hydrogen) atoms. The van der Waals surface area contributed by atoms with E-state index < -0.39 is 0 Å². The maximum absolute atomic E-state index is 12.5. The van der Waals surface area contributed by atoms with Gasteiger partial charge in [0, 0.05) is 12.2 Å². The predicted octanol–water partition coefficient (Wildman–Crippen LogP) is 5.49. The number of benzene rings is 1. The summed E-state index contributed by atoms with van der Waals surface area (Å²) in [5, 5.41) is 0. The summed E-state index contributed by atoms with van der Waals surface area (Å²) in [5.74, 6) is -0.361. The zero-order valence-electron chi connectivity index (χ0n) is 19.0. The Kier molecular flexibility index (Phi) is 4.69. The van der Waals surface area contributed by atoms with Gasteiger partial charge in [-0.3, -0.25) is 14.5 Å². The van der Waals surface area contributed by atoms with Crippen molar-refractivity contribution >= 4 is 11.8 Å². The summed E-state index contributed by atoms with van der Waals surface area (Å²) in [7, 11) is 0. The number of nitrogens with zero attached hydrogens (tertiary/aromatic N) is 1. The lowest BCUT2D eigenvalue weighted by atomic mass is 9.69. The lowest BCUT2D eigenvalue weighted by Crippen LogP contribution is -2.35. The van der Waals surface area contributed by atoms with Crippen LogP contribution in [0.25, 0.3) is 0 Å². The Morgan fingerprint density at radius 3 is 1.71 bits per heavy atom. The minimum Gasteiger partial charge on any atom is -0.269 e. The topological polar surface area (TPSA) is 37.4 Å². The van der Waals surface area contributed by atoms with Crippen LogP contribution in [0.5, 0.6) is 0 Å². The van der Waals surface area contributed by atoms with Gasteiger partial charge >= 0.3 is 0 Å². The van der Waals surface area contributed by atoms with Crippen molar-refractivity contribution < 1.29 is 9.59 Å². The standard InChI is InChI=1S/C25H35NO2/c1-23(2,3)16-14-17(24(4,5)6)22(25(7,8)9)15-10-11-18(21(15)16)26-19(27)12-13-20(26)28/h12-14,18H,10-11H2,1-9H3/t18-/m0/s1. The second-order valence-corrected chi connectivity index (χ2v) is 11.4. The molecule has 152 valence electrons. The highest BCUT2D eigenvalue weighted by Crippen LogP contribution is 2.49. The van der Waals surface area contributed by atoms with E-state index in [0.29, 0.717) is 0 Å². The van der Waals surface area contributed by atoms with Crippen LogP contribution in [0, 0.1) is 0 Å². The molecule has 2 aliphatic rings. The third-order valence-corrected chi connectivity index (χ3v) is 6.00. The maximum atomic E-state index is 12.5. The Labute approximate surface area is 170 Å². The molecule has 3 heteroatoms. The molecule has 0 unspecified atom stereocenters. The van der Waals surface area contributed by atoms with Gasteiger partial charge in [0.15, 0.2) is 0 Å². The quantitative estimate of drug-likeness (QED) is 0.603. The predicted molar refractivity (Wildman–Crippen MR) is 115 cm³/mol. The van der Waals surface area contributed by atoms with Crippen LogP contribution in [0.3, 0.4) is 0 Å². The van der Waals surface area contributed by atoms with E-state index in [9.17, 15) is 9.59 Å². The van der Waals surface area contributed by atoms with Gasteiger partial charge < -0.3 is 0 Å². The third kappa shape index (κ3) is 3.33. The van der Waals surface area contributed by atoms with E-state index in [1.165, 1.54) is 44.9 Å². The van der Waals surface area contributed by atoms with Crippen molar-refractivity contribution in [3.63, 3.8) is 0 Å². The minimum atomic E-state index is -0.181. The molecule has 0 N–H and O–H groups in total. The number of carbonyl (C=O) groups is 2. The smallest absolute Gasteiger partial charge is 0.254 e. The average molecular weight is 382 g/mol. The minimum absolute atomic E-state index is 0.00468. The number of rotatable bonds is 1. The number of imide groups is 1. The van der Waals surface area contributed by atoms with Crippen LogP contribution in [0.1, 0.15) is 103 Å². The molecule has 2 amide bonds. The van der Waals surface area contributed by atoms with Crippen molar-refractivity contribution in [3.8, 4) is 0 Å². The molecule has 0 fully saturated rings. The van der Waals surface area contributed by atoms with Crippen molar-refractivity contribution in [2.24, 2.45) is 0 Å². The third-order valence-electron chi connectivity index (χ3n) is 6.00. The number of hydrogen-bond acceptors (Lipinski definition) is 2. The normalized spacial score (nSPS) is 20.3. The molecule has 3 nitrogen and oxygen atoms in total. The van der Waals surface area contributed by atoms with Gasteiger partial charge in [0.05, 0.1) is 6.04 Å². The summed E-state index contributed by atoms with van der Waals surface area (Å²) in [6.07, 6.45) is 4.54. The van der Waals surface area contributed by atoms with Gasteiger partial charge in [-0.05, 0) is 56.9 Å². The van der Waals surface area contributed by atoms with Crippen LogP contribution in [-0.2, 0) is 32.3 Å². The van der Waals surface area contributed by atoms with Gasteiger partial charge in [0.1, 0.15) is 0 Å². The Bertz CT molecular complexity index is 852. The lowest BCUT2D eigenvalue weighted by molar-refractivity contribution is -0.139.